The molecule has 8 heteroatoms. The lowest BCUT2D eigenvalue weighted by atomic mass is 9.94. The molecule has 1 saturated carbocycles. The summed E-state index contributed by atoms with van der Waals surface area (Å²) in [6.07, 6.45) is 4.55. The summed E-state index contributed by atoms with van der Waals surface area (Å²) in [7, 11) is 0. The van der Waals surface area contributed by atoms with E-state index < -0.39 is 6.03 Å². The standard InChI is InChI=1S/C27H29N3O4S/c1-17-7-12-24(23(15-17)25(32)20-5-3-4-6-20)29-26(33)30-27-28-21(16-35-27)13-14-34-22-10-8-19(9-11-22)18(2)31/h7-12,15-16,20,31H,2-6,13-14H2,1H3,(H2,28,29,30,33). The van der Waals surface area contributed by atoms with Crippen molar-refractivity contribution in [1.29, 1.82) is 0 Å². The molecule has 0 saturated heterocycles. The molecule has 2 aromatic carbocycles. The maximum Gasteiger partial charge on any atom is 0.325 e. The van der Waals surface area contributed by atoms with E-state index >= 15 is 0 Å². The third kappa shape index (κ3) is 6.48. The third-order valence-electron chi connectivity index (χ3n) is 6.00. The van der Waals surface area contributed by atoms with Gasteiger partial charge in [0.1, 0.15) is 11.5 Å². The Morgan fingerprint density at radius 3 is 2.60 bits per heavy atom. The maximum absolute atomic E-state index is 13.0. The van der Waals surface area contributed by atoms with Crippen molar-refractivity contribution in [2.75, 3.05) is 17.2 Å². The second kappa shape index (κ2) is 11.2. The fourth-order valence-corrected chi connectivity index (χ4v) is 4.87. The average molecular weight is 492 g/mol. The monoisotopic (exact) mass is 491 g/mol. The fraction of sp³-hybridized carbons (Fsp3) is 0.296. The van der Waals surface area contributed by atoms with Crippen LogP contribution < -0.4 is 15.4 Å². The molecule has 1 aromatic heterocycles. The zero-order chi connectivity index (χ0) is 24.8. The second-order valence-electron chi connectivity index (χ2n) is 8.69. The number of thiazole rings is 1. The molecule has 2 amide bonds. The Morgan fingerprint density at radius 2 is 1.89 bits per heavy atom. The first kappa shape index (κ1) is 24.5. The molecule has 0 radical (unpaired) electrons. The maximum atomic E-state index is 13.0. The smallest absolute Gasteiger partial charge is 0.325 e. The van der Waals surface area contributed by atoms with Crippen LogP contribution in [0.5, 0.6) is 5.75 Å². The number of rotatable bonds is 9. The Bertz CT molecular complexity index is 1210. The predicted octanol–water partition coefficient (Wildman–Crippen LogP) is 6.62. The lowest BCUT2D eigenvalue weighted by Crippen LogP contribution is -2.22. The van der Waals surface area contributed by atoms with Gasteiger partial charge < -0.3 is 15.2 Å². The SMILES string of the molecule is C=C(O)c1ccc(OCCc2csc(NC(=O)Nc3ccc(C)cc3C(=O)C3CCCC3)n2)cc1. The number of nitrogens with zero attached hydrogens (tertiary/aromatic N) is 1. The fourth-order valence-electron chi connectivity index (χ4n) is 4.13. The van der Waals surface area contributed by atoms with Crippen LogP contribution in [-0.2, 0) is 6.42 Å². The van der Waals surface area contributed by atoms with Gasteiger partial charge in [-0.1, -0.05) is 31.1 Å². The zero-order valence-corrected chi connectivity index (χ0v) is 20.5. The first-order chi connectivity index (χ1) is 16.9. The molecular weight excluding hydrogens is 462 g/mol. The number of carbonyl (C=O) groups is 2. The number of hydrogen-bond donors (Lipinski definition) is 3. The summed E-state index contributed by atoms with van der Waals surface area (Å²) in [6.45, 7) is 5.86. The number of ether oxygens (including phenoxy) is 1. The largest absolute Gasteiger partial charge is 0.508 e. The predicted molar refractivity (Wildman–Crippen MR) is 140 cm³/mol. The van der Waals surface area contributed by atoms with Crippen molar-refractivity contribution >= 4 is 39.7 Å². The molecule has 0 atom stereocenters. The number of aliphatic hydroxyl groups is 1. The number of carbonyl (C=O) groups excluding carboxylic acids is 2. The van der Waals surface area contributed by atoms with Gasteiger partial charge in [0.25, 0.3) is 0 Å². The summed E-state index contributed by atoms with van der Waals surface area (Å²) in [5.74, 6) is 0.844. The topological polar surface area (TPSA) is 101 Å². The van der Waals surface area contributed by atoms with Crippen molar-refractivity contribution < 1.29 is 19.4 Å². The molecule has 1 fully saturated rings. The summed E-state index contributed by atoms with van der Waals surface area (Å²) >= 11 is 1.33. The van der Waals surface area contributed by atoms with Crippen LogP contribution in [0.3, 0.4) is 0 Å². The number of anilines is 2. The number of urea groups is 1. The molecule has 0 bridgehead atoms. The number of aryl methyl sites for hydroxylation is 1. The lowest BCUT2D eigenvalue weighted by molar-refractivity contribution is 0.0923. The van der Waals surface area contributed by atoms with Gasteiger partial charge in [-0.05, 0) is 56.2 Å². The highest BCUT2D eigenvalue weighted by Gasteiger charge is 2.26. The number of aromatic nitrogens is 1. The van der Waals surface area contributed by atoms with Crippen molar-refractivity contribution in [3.63, 3.8) is 0 Å². The summed E-state index contributed by atoms with van der Waals surface area (Å²) < 4.78 is 5.72. The van der Waals surface area contributed by atoms with Crippen molar-refractivity contribution in [3.05, 3.63) is 76.8 Å². The molecule has 1 aliphatic carbocycles. The second-order valence-corrected chi connectivity index (χ2v) is 9.55. The molecular formula is C27H29N3O4S. The molecule has 4 rings (SSSR count). The molecule has 3 N–H and O–H groups in total. The Hall–Kier alpha value is -3.65. The minimum absolute atomic E-state index is 0.0158. The van der Waals surface area contributed by atoms with Gasteiger partial charge in [-0.25, -0.2) is 9.78 Å². The van der Waals surface area contributed by atoms with Gasteiger partial charge in [0.05, 0.1) is 18.0 Å². The molecule has 3 aromatic rings. The highest BCUT2D eigenvalue weighted by Crippen LogP contribution is 2.31. The van der Waals surface area contributed by atoms with E-state index in [4.69, 9.17) is 4.74 Å². The van der Waals surface area contributed by atoms with Crippen molar-refractivity contribution in [3.8, 4) is 5.75 Å². The quantitative estimate of drug-likeness (QED) is 0.231. The number of ketones is 1. The molecule has 0 unspecified atom stereocenters. The Labute approximate surface area is 208 Å². The Morgan fingerprint density at radius 1 is 1.14 bits per heavy atom. The minimum Gasteiger partial charge on any atom is -0.508 e. The highest BCUT2D eigenvalue weighted by molar-refractivity contribution is 7.13. The summed E-state index contributed by atoms with van der Waals surface area (Å²) in [6, 6.07) is 12.1. The molecule has 1 aliphatic rings. The van der Waals surface area contributed by atoms with Crippen LogP contribution in [0.4, 0.5) is 15.6 Å². The van der Waals surface area contributed by atoms with E-state index in [9.17, 15) is 14.7 Å². The van der Waals surface area contributed by atoms with Crippen LogP contribution in [0, 0.1) is 12.8 Å². The number of hydrogen-bond acceptors (Lipinski definition) is 6. The molecule has 0 aliphatic heterocycles. The zero-order valence-electron chi connectivity index (χ0n) is 19.7. The van der Waals surface area contributed by atoms with Gasteiger partial charge in [-0.15, -0.1) is 11.3 Å². The molecule has 1 heterocycles. The first-order valence-corrected chi connectivity index (χ1v) is 12.6. The number of nitrogens with one attached hydrogen (secondary N) is 2. The number of benzene rings is 2. The first-order valence-electron chi connectivity index (χ1n) is 11.7. The van der Waals surface area contributed by atoms with Gasteiger partial charge in [0.15, 0.2) is 10.9 Å². The Kier molecular flexibility index (Phi) is 7.82. The number of amides is 2. The van der Waals surface area contributed by atoms with E-state index in [1.165, 1.54) is 11.3 Å². The van der Waals surface area contributed by atoms with Crippen molar-refractivity contribution in [2.45, 2.75) is 39.0 Å². The minimum atomic E-state index is -0.433. The van der Waals surface area contributed by atoms with E-state index in [0.717, 1.165) is 36.9 Å². The molecule has 35 heavy (non-hydrogen) atoms. The third-order valence-corrected chi connectivity index (χ3v) is 6.81. The van der Waals surface area contributed by atoms with Gasteiger partial charge in [-0.2, -0.15) is 0 Å². The van der Waals surface area contributed by atoms with Gasteiger partial charge in [0, 0.05) is 28.8 Å². The number of aliphatic hydroxyl groups excluding tert-OH is 1. The molecule has 182 valence electrons. The van der Waals surface area contributed by atoms with E-state index in [0.29, 0.717) is 40.7 Å². The average Bonchev–Trinajstić information content (AvgIpc) is 3.53. The van der Waals surface area contributed by atoms with Crippen molar-refractivity contribution in [2.24, 2.45) is 5.92 Å². The van der Waals surface area contributed by atoms with E-state index in [1.807, 2.05) is 24.4 Å². The van der Waals surface area contributed by atoms with Crippen molar-refractivity contribution in [1.82, 2.24) is 4.98 Å². The van der Waals surface area contributed by atoms with Crippen LogP contribution >= 0.6 is 11.3 Å². The molecule has 7 nitrogen and oxygen atoms in total. The lowest BCUT2D eigenvalue weighted by Gasteiger charge is -2.14. The normalized spacial score (nSPS) is 13.4. The van der Waals surface area contributed by atoms with Crippen LogP contribution in [-0.4, -0.2) is 28.5 Å². The summed E-state index contributed by atoms with van der Waals surface area (Å²) in [4.78, 5) is 30.1. The van der Waals surface area contributed by atoms with Gasteiger partial charge in [0.2, 0.25) is 0 Å². The van der Waals surface area contributed by atoms with Crippen LogP contribution in [0.15, 0.2) is 54.4 Å². The van der Waals surface area contributed by atoms with Crippen LogP contribution in [0.25, 0.3) is 5.76 Å². The Balaban J connectivity index is 1.30. The summed E-state index contributed by atoms with van der Waals surface area (Å²) in [5.41, 5.74) is 3.52. The summed E-state index contributed by atoms with van der Waals surface area (Å²) in [5, 5.41) is 17.3. The van der Waals surface area contributed by atoms with Gasteiger partial charge in [-0.3, -0.25) is 10.1 Å². The van der Waals surface area contributed by atoms with E-state index in [1.54, 1.807) is 30.3 Å². The molecule has 0 spiro atoms. The van der Waals surface area contributed by atoms with Crippen LogP contribution in [0.2, 0.25) is 0 Å². The van der Waals surface area contributed by atoms with Crippen LogP contribution in [0.1, 0.15) is 52.9 Å². The van der Waals surface area contributed by atoms with E-state index in [2.05, 4.69) is 22.2 Å². The van der Waals surface area contributed by atoms with Gasteiger partial charge >= 0.3 is 6.03 Å². The number of Topliss-reactive ketones (excluding diaryl/α,β-unsaturated/α-hetero) is 1. The highest BCUT2D eigenvalue weighted by atomic mass is 32.1. The van der Waals surface area contributed by atoms with E-state index in [-0.39, 0.29) is 17.5 Å².